The zero-order valence-corrected chi connectivity index (χ0v) is 11.7. The third kappa shape index (κ3) is 2.02. The van der Waals surface area contributed by atoms with E-state index in [1.807, 2.05) is 0 Å². The van der Waals surface area contributed by atoms with Gasteiger partial charge in [0.05, 0.1) is 20.7 Å². The van der Waals surface area contributed by atoms with Crippen molar-refractivity contribution in [2.24, 2.45) is 5.73 Å². The number of nitro benzene ring substituents is 1. The fourth-order valence-electron chi connectivity index (χ4n) is 2.06. The van der Waals surface area contributed by atoms with E-state index < -0.39 is 16.4 Å². The summed E-state index contributed by atoms with van der Waals surface area (Å²) in [5, 5.41) is 20.8. The number of H-pyrrole nitrogens is 1. The second kappa shape index (κ2) is 4.80. The van der Waals surface area contributed by atoms with Crippen LogP contribution in [0.3, 0.4) is 0 Å². The van der Waals surface area contributed by atoms with Crippen LogP contribution in [0.25, 0.3) is 10.9 Å². The Morgan fingerprint density at radius 3 is 2.70 bits per heavy atom. The highest BCUT2D eigenvalue weighted by atomic mass is 32.2. The molecule has 20 heavy (non-hydrogen) atoms. The number of aromatic nitrogens is 1. The van der Waals surface area contributed by atoms with E-state index in [1.165, 1.54) is 24.9 Å². The predicted octanol–water partition coefficient (Wildman–Crippen LogP) is 2.06. The lowest BCUT2D eigenvalue weighted by Crippen LogP contribution is -2.41. The Balaban J connectivity index is 2.89. The largest absolute Gasteiger partial charge is 0.480 e. The molecule has 0 bridgehead atoms. The van der Waals surface area contributed by atoms with Gasteiger partial charge in [0.1, 0.15) is 5.54 Å². The molecule has 0 saturated heterocycles. The van der Waals surface area contributed by atoms with Crippen LogP contribution in [0, 0.1) is 10.1 Å². The van der Waals surface area contributed by atoms with Gasteiger partial charge in [-0.15, -0.1) is 11.8 Å². The third-order valence-electron chi connectivity index (χ3n) is 3.19. The van der Waals surface area contributed by atoms with E-state index in [2.05, 4.69) is 4.98 Å². The number of nitro groups is 1. The van der Waals surface area contributed by atoms with Crippen molar-refractivity contribution in [1.29, 1.82) is 0 Å². The second-order valence-corrected chi connectivity index (χ2v) is 5.35. The van der Waals surface area contributed by atoms with Crippen LogP contribution in [0.5, 0.6) is 0 Å². The number of nitrogens with two attached hydrogens (primary N) is 1. The molecule has 2 rings (SSSR count). The molecule has 0 amide bonds. The van der Waals surface area contributed by atoms with Crippen LogP contribution in [0.1, 0.15) is 12.5 Å². The van der Waals surface area contributed by atoms with Crippen LogP contribution >= 0.6 is 11.8 Å². The molecule has 106 valence electrons. The Bertz CT molecular complexity index is 708. The normalized spacial score (nSPS) is 14.2. The first kappa shape index (κ1) is 14.4. The van der Waals surface area contributed by atoms with E-state index in [1.54, 1.807) is 18.4 Å². The maximum atomic E-state index is 11.3. The van der Waals surface area contributed by atoms with Gasteiger partial charge >= 0.3 is 5.97 Å². The van der Waals surface area contributed by atoms with E-state index in [0.717, 1.165) is 0 Å². The highest BCUT2D eigenvalue weighted by molar-refractivity contribution is 7.98. The van der Waals surface area contributed by atoms with E-state index >= 15 is 0 Å². The summed E-state index contributed by atoms with van der Waals surface area (Å²) in [6, 6.07) is 3.30. The molecule has 4 N–H and O–H groups in total. The first-order valence-corrected chi connectivity index (χ1v) is 6.88. The first-order chi connectivity index (χ1) is 9.30. The Morgan fingerprint density at radius 2 is 2.20 bits per heavy atom. The molecule has 7 nitrogen and oxygen atoms in total. The zero-order chi connectivity index (χ0) is 15.1. The van der Waals surface area contributed by atoms with Gasteiger partial charge in [-0.05, 0) is 25.3 Å². The number of fused-ring (bicyclic) bond motifs is 1. The highest BCUT2D eigenvalue weighted by Gasteiger charge is 2.36. The number of nitrogens with zero attached hydrogens (tertiary/aromatic N) is 1. The van der Waals surface area contributed by atoms with Crippen molar-refractivity contribution in [2.75, 3.05) is 6.26 Å². The Hall–Kier alpha value is -2.06. The Morgan fingerprint density at radius 1 is 1.55 bits per heavy atom. The summed E-state index contributed by atoms with van der Waals surface area (Å²) in [7, 11) is 0. The number of aromatic amines is 1. The molecule has 0 aliphatic rings. The van der Waals surface area contributed by atoms with Crippen molar-refractivity contribution >= 4 is 34.3 Å². The molecule has 0 aliphatic carbocycles. The quantitative estimate of drug-likeness (QED) is 0.451. The van der Waals surface area contributed by atoms with Gasteiger partial charge in [-0.3, -0.25) is 10.1 Å². The van der Waals surface area contributed by atoms with Gasteiger partial charge in [-0.1, -0.05) is 0 Å². The van der Waals surface area contributed by atoms with E-state index in [4.69, 9.17) is 5.73 Å². The molecule has 0 fully saturated rings. The summed E-state index contributed by atoms with van der Waals surface area (Å²) in [5.74, 6) is -1.25. The van der Waals surface area contributed by atoms with E-state index in [0.29, 0.717) is 10.4 Å². The lowest BCUT2D eigenvalue weighted by atomic mass is 9.92. The number of nitrogens with one attached hydrogen (secondary N) is 1. The van der Waals surface area contributed by atoms with E-state index in [-0.39, 0.29) is 16.6 Å². The van der Waals surface area contributed by atoms with Crippen molar-refractivity contribution in [1.82, 2.24) is 4.98 Å². The number of benzene rings is 1. The fourth-order valence-corrected chi connectivity index (χ4v) is 2.63. The van der Waals surface area contributed by atoms with Crippen LogP contribution in [0.15, 0.2) is 23.2 Å². The molecule has 2 aromatic rings. The molecular formula is C12H13N3O4S. The van der Waals surface area contributed by atoms with Crippen LogP contribution < -0.4 is 5.73 Å². The van der Waals surface area contributed by atoms with E-state index in [9.17, 15) is 20.0 Å². The summed E-state index contributed by atoms with van der Waals surface area (Å²) >= 11 is 1.23. The minimum Gasteiger partial charge on any atom is -0.480 e. The van der Waals surface area contributed by atoms with Gasteiger partial charge in [0, 0.05) is 11.8 Å². The van der Waals surface area contributed by atoms with Gasteiger partial charge in [-0.2, -0.15) is 0 Å². The smallest absolute Gasteiger partial charge is 0.328 e. The number of hydrogen-bond acceptors (Lipinski definition) is 5. The van der Waals surface area contributed by atoms with Crippen LogP contribution in [0.4, 0.5) is 5.69 Å². The van der Waals surface area contributed by atoms with Crippen molar-refractivity contribution in [2.45, 2.75) is 17.4 Å². The van der Waals surface area contributed by atoms with Gasteiger partial charge in [0.15, 0.2) is 0 Å². The maximum absolute atomic E-state index is 11.3. The molecule has 1 heterocycles. The average Bonchev–Trinajstić information content (AvgIpc) is 2.80. The summed E-state index contributed by atoms with van der Waals surface area (Å²) in [5.41, 5.74) is 4.66. The average molecular weight is 295 g/mol. The lowest BCUT2D eigenvalue weighted by molar-refractivity contribution is -0.385. The molecule has 8 heteroatoms. The van der Waals surface area contributed by atoms with Crippen LogP contribution in [-0.2, 0) is 10.3 Å². The SMILES string of the molecule is CSc1ccc2[nH]cc([C@](C)(N)C(=O)O)c2c1[N+](=O)[O-]. The number of hydrogen-bond donors (Lipinski definition) is 3. The maximum Gasteiger partial charge on any atom is 0.328 e. The monoisotopic (exact) mass is 295 g/mol. The molecule has 0 saturated carbocycles. The molecule has 0 radical (unpaired) electrons. The number of carboxylic acids is 1. The second-order valence-electron chi connectivity index (χ2n) is 4.51. The van der Waals surface area contributed by atoms with Gasteiger partial charge < -0.3 is 15.8 Å². The third-order valence-corrected chi connectivity index (χ3v) is 3.96. The number of carboxylic acid groups (broad SMARTS) is 1. The fraction of sp³-hybridized carbons (Fsp3) is 0.250. The topological polar surface area (TPSA) is 122 Å². The summed E-state index contributed by atoms with van der Waals surface area (Å²) in [4.78, 5) is 25.4. The Kier molecular flexibility index (Phi) is 3.45. The highest BCUT2D eigenvalue weighted by Crippen LogP contribution is 2.39. The zero-order valence-electron chi connectivity index (χ0n) is 10.8. The van der Waals surface area contributed by atoms with Crippen LogP contribution in [-0.4, -0.2) is 27.2 Å². The molecular weight excluding hydrogens is 282 g/mol. The van der Waals surface area contributed by atoms with Crippen molar-refractivity contribution < 1.29 is 14.8 Å². The minimum atomic E-state index is -1.71. The molecule has 0 aliphatic heterocycles. The number of rotatable bonds is 4. The van der Waals surface area contributed by atoms with Gasteiger partial charge in [0.25, 0.3) is 5.69 Å². The summed E-state index contributed by atoms with van der Waals surface area (Å²) in [6.45, 7) is 1.31. The lowest BCUT2D eigenvalue weighted by Gasteiger charge is -2.18. The Labute approximate surface area is 118 Å². The van der Waals surface area contributed by atoms with Crippen molar-refractivity contribution in [3.63, 3.8) is 0 Å². The first-order valence-electron chi connectivity index (χ1n) is 5.66. The predicted molar refractivity (Wildman–Crippen MR) is 75.9 cm³/mol. The number of carbonyl (C=O) groups is 1. The molecule has 1 aromatic heterocycles. The molecule has 1 atom stereocenters. The minimum absolute atomic E-state index is 0.121. The van der Waals surface area contributed by atoms with Gasteiger partial charge in [0.2, 0.25) is 0 Å². The summed E-state index contributed by atoms with van der Waals surface area (Å²) in [6.07, 6.45) is 3.13. The standard InChI is InChI=1S/C12H13N3O4S/c1-12(13,11(16)17)6-5-14-7-3-4-8(20-2)10(9(6)7)15(18)19/h3-5,14H,13H2,1-2H3,(H,16,17)/t12-/m0/s1. The molecule has 1 aromatic carbocycles. The number of aliphatic carboxylic acids is 1. The summed E-state index contributed by atoms with van der Waals surface area (Å²) < 4.78 is 0. The molecule has 0 unspecified atom stereocenters. The van der Waals surface area contributed by atoms with Crippen LogP contribution in [0.2, 0.25) is 0 Å². The van der Waals surface area contributed by atoms with Crippen molar-refractivity contribution in [3.05, 3.63) is 34.0 Å². The van der Waals surface area contributed by atoms with Crippen molar-refractivity contribution in [3.8, 4) is 0 Å². The van der Waals surface area contributed by atoms with Gasteiger partial charge in [-0.25, -0.2) is 4.79 Å². The molecule has 0 spiro atoms. The number of thioether (sulfide) groups is 1.